The molecule has 3 atom stereocenters. The SMILES string of the molecule is Cc1ccc(SC(C)C(=O)OC2CC3CCC(C2)N3C)cc1. The smallest absolute Gasteiger partial charge is 0.319 e. The van der Waals surface area contributed by atoms with Gasteiger partial charge in [0, 0.05) is 17.0 Å². The number of nitrogens with zero attached hydrogens (tertiary/aromatic N) is 1. The van der Waals surface area contributed by atoms with Crippen molar-refractivity contribution in [2.75, 3.05) is 7.05 Å². The van der Waals surface area contributed by atoms with E-state index in [0.29, 0.717) is 12.1 Å². The Morgan fingerprint density at radius 2 is 1.82 bits per heavy atom. The van der Waals surface area contributed by atoms with Crippen molar-refractivity contribution >= 4 is 17.7 Å². The van der Waals surface area contributed by atoms with Crippen molar-refractivity contribution in [2.24, 2.45) is 0 Å². The van der Waals surface area contributed by atoms with Crippen LogP contribution in [0.15, 0.2) is 29.2 Å². The minimum absolute atomic E-state index is 0.0699. The summed E-state index contributed by atoms with van der Waals surface area (Å²) in [6, 6.07) is 9.51. The molecule has 1 aromatic carbocycles. The zero-order valence-electron chi connectivity index (χ0n) is 13.6. The highest BCUT2D eigenvalue weighted by Crippen LogP contribution is 2.36. The van der Waals surface area contributed by atoms with Gasteiger partial charge in [-0.25, -0.2) is 0 Å². The molecular formula is C18H25NO2S. The molecule has 0 aliphatic carbocycles. The van der Waals surface area contributed by atoms with Crippen molar-refractivity contribution in [3.05, 3.63) is 29.8 Å². The van der Waals surface area contributed by atoms with Gasteiger partial charge in [-0.15, -0.1) is 11.8 Å². The Bertz CT molecular complexity index is 516. The second-order valence-electron chi connectivity index (χ2n) is 6.65. The first-order valence-corrected chi connectivity index (χ1v) is 9.06. The summed E-state index contributed by atoms with van der Waals surface area (Å²) < 4.78 is 5.79. The Labute approximate surface area is 137 Å². The number of ether oxygens (including phenoxy) is 1. The van der Waals surface area contributed by atoms with Crippen LogP contribution in [0.5, 0.6) is 0 Å². The van der Waals surface area contributed by atoms with Crippen LogP contribution in [0, 0.1) is 6.92 Å². The van der Waals surface area contributed by atoms with Crippen LogP contribution < -0.4 is 0 Å². The quantitative estimate of drug-likeness (QED) is 0.626. The number of hydrogen-bond acceptors (Lipinski definition) is 4. The van der Waals surface area contributed by atoms with Crippen molar-refractivity contribution in [3.63, 3.8) is 0 Å². The van der Waals surface area contributed by atoms with Gasteiger partial charge in [0.2, 0.25) is 0 Å². The number of fused-ring (bicyclic) bond motifs is 2. The molecule has 2 aliphatic rings. The minimum atomic E-state index is -0.153. The molecule has 0 aromatic heterocycles. The summed E-state index contributed by atoms with van der Waals surface area (Å²) >= 11 is 1.58. The molecule has 2 aliphatic heterocycles. The number of aryl methyl sites for hydroxylation is 1. The van der Waals surface area contributed by atoms with Crippen molar-refractivity contribution in [2.45, 2.75) is 67.9 Å². The number of carbonyl (C=O) groups excluding carboxylic acids is 1. The summed E-state index contributed by atoms with van der Waals surface area (Å²) in [4.78, 5) is 15.9. The third kappa shape index (κ3) is 3.49. The first-order chi connectivity index (χ1) is 10.5. The van der Waals surface area contributed by atoms with E-state index in [1.165, 1.54) is 18.4 Å². The third-order valence-electron chi connectivity index (χ3n) is 5.00. The highest BCUT2D eigenvalue weighted by atomic mass is 32.2. The number of thioether (sulfide) groups is 1. The molecule has 2 bridgehead atoms. The van der Waals surface area contributed by atoms with Crippen molar-refractivity contribution < 1.29 is 9.53 Å². The van der Waals surface area contributed by atoms with E-state index < -0.39 is 0 Å². The van der Waals surface area contributed by atoms with Crippen molar-refractivity contribution in [3.8, 4) is 0 Å². The largest absolute Gasteiger partial charge is 0.461 e. The van der Waals surface area contributed by atoms with E-state index in [0.717, 1.165) is 17.7 Å². The van der Waals surface area contributed by atoms with Crippen LogP contribution in [0.4, 0.5) is 0 Å². The number of rotatable bonds is 4. The average molecular weight is 319 g/mol. The fourth-order valence-electron chi connectivity index (χ4n) is 3.59. The summed E-state index contributed by atoms with van der Waals surface area (Å²) in [5.74, 6) is -0.0699. The maximum atomic E-state index is 12.3. The van der Waals surface area contributed by atoms with Crippen LogP contribution in [0.1, 0.15) is 38.2 Å². The maximum absolute atomic E-state index is 12.3. The molecule has 1 aromatic rings. The first-order valence-electron chi connectivity index (χ1n) is 8.18. The Morgan fingerprint density at radius 3 is 2.41 bits per heavy atom. The van der Waals surface area contributed by atoms with Crippen LogP contribution in [-0.4, -0.2) is 41.4 Å². The maximum Gasteiger partial charge on any atom is 0.319 e. The van der Waals surface area contributed by atoms with Crippen LogP contribution in [0.3, 0.4) is 0 Å². The number of esters is 1. The third-order valence-corrected chi connectivity index (χ3v) is 6.09. The summed E-state index contributed by atoms with van der Waals surface area (Å²) in [5, 5.41) is -0.153. The molecule has 4 heteroatoms. The molecule has 120 valence electrons. The van der Waals surface area contributed by atoms with Crippen LogP contribution in [-0.2, 0) is 9.53 Å². The Kier molecular flexibility index (Phi) is 4.79. The Hall–Kier alpha value is -1.00. The molecule has 0 radical (unpaired) electrons. The number of carbonyl (C=O) groups is 1. The molecule has 0 amide bonds. The molecule has 2 fully saturated rings. The van der Waals surface area contributed by atoms with Gasteiger partial charge in [0.05, 0.1) is 0 Å². The fraction of sp³-hybridized carbons (Fsp3) is 0.611. The molecule has 3 nitrogen and oxygen atoms in total. The predicted molar refractivity (Wildman–Crippen MR) is 90.2 cm³/mol. The van der Waals surface area contributed by atoms with E-state index in [9.17, 15) is 4.79 Å². The number of hydrogen-bond donors (Lipinski definition) is 0. The minimum Gasteiger partial charge on any atom is -0.461 e. The van der Waals surface area contributed by atoms with Gasteiger partial charge in [-0.2, -0.15) is 0 Å². The molecule has 0 N–H and O–H groups in total. The van der Waals surface area contributed by atoms with E-state index in [-0.39, 0.29) is 17.3 Å². The van der Waals surface area contributed by atoms with Crippen molar-refractivity contribution in [1.29, 1.82) is 0 Å². The van der Waals surface area contributed by atoms with Gasteiger partial charge in [-0.1, -0.05) is 17.7 Å². The summed E-state index contributed by atoms with van der Waals surface area (Å²) in [6.07, 6.45) is 4.62. The van der Waals surface area contributed by atoms with Gasteiger partial charge in [-0.3, -0.25) is 4.79 Å². The predicted octanol–water partition coefficient (Wildman–Crippen LogP) is 3.64. The Morgan fingerprint density at radius 1 is 1.23 bits per heavy atom. The van der Waals surface area contributed by atoms with Gasteiger partial charge < -0.3 is 9.64 Å². The topological polar surface area (TPSA) is 29.5 Å². The van der Waals surface area contributed by atoms with E-state index >= 15 is 0 Å². The lowest BCUT2D eigenvalue weighted by molar-refractivity contribution is -0.151. The van der Waals surface area contributed by atoms with Crippen molar-refractivity contribution in [1.82, 2.24) is 4.90 Å². The number of benzene rings is 1. The first kappa shape index (κ1) is 15.9. The van der Waals surface area contributed by atoms with Crippen LogP contribution >= 0.6 is 11.8 Å². The van der Waals surface area contributed by atoms with E-state index in [4.69, 9.17) is 4.74 Å². The van der Waals surface area contributed by atoms with Gasteiger partial charge in [-0.05, 0) is 58.7 Å². The van der Waals surface area contributed by atoms with Gasteiger partial charge >= 0.3 is 5.97 Å². The standard InChI is InChI=1S/C18H25NO2S/c1-12-4-8-17(9-5-12)22-13(2)18(20)21-16-10-14-6-7-15(11-16)19(14)3/h4-5,8-9,13-16H,6-7,10-11H2,1-3H3. The molecule has 0 saturated carbocycles. The highest BCUT2D eigenvalue weighted by Gasteiger charge is 2.40. The van der Waals surface area contributed by atoms with E-state index in [1.807, 2.05) is 6.92 Å². The van der Waals surface area contributed by atoms with Gasteiger partial charge in [0.1, 0.15) is 11.4 Å². The normalized spacial score (nSPS) is 29.3. The lowest BCUT2D eigenvalue weighted by Crippen LogP contribution is -2.44. The molecular weight excluding hydrogens is 294 g/mol. The van der Waals surface area contributed by atoms with E-state index in [2.05, 4.69) is 43.1 Å². The number of piperidine rings is 1. The molecule has 3 rings (SSSR count). The summed E-state index contributed by atoms with van der Waals surface area (Å²) in [6.45, 7) is 4.01. The monoisotopic (exact) mass is 319 g/mol. The average Bonchev–Trinajstić information content (AvgIpc) is 2.72. The highest BCUT2D eigenvalue weighted by molar-refractivity contribution is 8.00. The van der Waals surface area contributed by atoms with E-state index in [1.54, 1.807) is 11.8 Å². The lowest BCUT2D eigenvalue weighted by Gasteiger charge is -2.36. The summed E-state index contributed by atoms with van der Waals surface area (Å²) in [5.41, 5.74) is 1.24. The molecule has 2 saturated heterocycles. The van der Waals surface area contributed by atoms with Crippen LogP contribution in [0.2, 0.25) is 0 Å². The fourth-order valence-corrected chi connectivity index (χ4v) is 4.44. The lowest BCUT2D eigenvalue weighted by atomic mass is 10.0. The van der Waals surface area contributed by atoms with Crippen LogP contribution in [0.25, 0.3) is 0 Å². The molecule has 2 heterocycles. The van der Waals surface area contributed by atoms with Gasteiger partial charge in [0.25, 0.3) is 0 Å². The second-order valence-corrected chi connectivity index (χ2v) is 8.07. The zero-order valence-corrected chi connectivity index (χ0v) is 14.4. The molecule has 3 unspecified atom stereocenters. The van der Waals surface area contributed by atoms with Gasteiger partial charge in [0.15, 0.2) is 0 Å². The molecule has 22 heavy (non-hydrogen) atoms. The second kappa shape index (κ2) is 6.63. The zero-order chi connectivity index (χ0) is 15.7. The Balaban J connectivity index is 1.52. The summed E-state index contributed by atoms with van der Waals surface area (Å²) in [7, 11) is 2.20. The molecule has 0 spiro atoms.